The van der Waals surface area contributed by atoms with Crippen LogP contribution in [0.1, 0.15) is 0 Å². The average molecular weight is 318 g/mol. The zero-order valence-electron chi connectivity index (χ0n) is 12.3. The summed E-state index contributed by atoms with van der Waals surface area (Å²) in [6.45, 7) is -0.232. The van der Waals surface area contributed by atoms with E-state index in [4.69, 9.17) is 4.74 Å². The largest absolute Gasteiger partial charge is 0.494 e. The van der Waals surface area contributed by atoms with Gasteiger partial charge in [-0.2, -0.15) is 0 Å². The van der Waals surface area contributed by atoms with Crippen LogP contribution >= 0.6 is 0 Å². The predicted molar refractivity (Wildman–Crippen MR) is 82.8 cm³/mol. The molecule has 0 bridgehead atoms. The summed E-state index contributed by atoms with van der Waals surface area (Å²) >= 11 is 0. The van der Waals surface area contributed by atoms with Crippen molar-refractivity contribution in [3.8, 4) is 5.75 Å². The van der Waals surface area contributed by atoms with E-state index in [0.29, 0.717) is 11.4 Å². The average Bonchev–Trinajstić information content (AvgIpc) is 2.55. The standard InChI is InChI=1S/C15H15FN4O3/c1-23-13-7-10(16)4-5-12(13)20-15(22)18-9-14(21)19-11-3-2-6-17-8-11/h2-8H,9H2,1H3,(H,19,21)(H2,18,20,22). The lowest BCUT2D eigenvalue weighted by Crippen LogP contribution is -2.35. The monoisotopic (exact) mass is 318 g/mol. The van der Waals surface area contributed by atoms with Gasteiger partial charge in [-0.1, -0.05) is 0 Å². The van der Waals surface area contributed by atoms with Crippen molar-refractivity contribution in [1.29, 1.82) is 0 Å². The third kappa shape index (κ3) is 4.95. The minimum Gasteiger partial charge on any atom is -0.494 e. The number of nitrogens with one attached hydrogen (secondary N) is 3. The van der Waals surface area contributed by atoms with Gasteiger partial charge in [0.15, 0.2) is 0 Å². The second-order valence-electron chi connectivity index (χ2n) is 4.44. The number of hydrogen-bond donors (Lipinski definition) is 3. The number of carbonyl (C=O) groups excluding carboxylic acids is 2. The molecule has 0 aliphatic carbocycles. The lowest BCUT2D eigenvalue weighted by Gasteiger charge is -2.11. The van der Waals surface area contributed by atoms with Crippen LogP contribution in [-0.2, 0) is 4.79 Å². The van der Waals surface area contributed by atoms with Gasteiger partial charge in [-0.15, -0.1) is 0 Å². The molecule has 3 amide bonds. The van der Waals surface area contributed by atoms with E-state index in [1.54, 1.807) is 18.3 Å². The quantitative estimate of drug-likeness (QED) is 0.786. The third-order valence-corrected chi connectivity index (χ3v) is 2.77. The molecule has 0 saturated heterocycles. The van der Waals surface area contributed by atoms with E-state index >= 15 is 0 Å². The lowest BCUT2D eigenvalue weighted by molar-refractivity contribution is -0.115. The molecule has 0 unspecified atom stereocenters. The molecule has 1 aromatic heterocycles. The second kappa shape index (κ2) is 7.74. The number of ether oxygens (including phenoxy) is 1. The summed E-state index contributed by atoms with van der Waals surface area (Å²) in [6, 6.07) is 6.43. The number of carbonyl (C=O) groups is 2. The van der Waals surface area contributed by atoms with E-state index < -0.39 is 17.8 Å². The maximum atomic E-state index is 13.1. The van der Waals surface area contributed by atoms with Gasteiger partial charge in [0.1, 0.15) is 11.6 Å². The fourth-order valence-corrected chi connectivity index (χ4v) is 1.74. The first-order chi connectivity index (χ1) is 11.1. The first-order valence-corrected chi connectivity index (χ1v) is 6.67. The van der Waals surface area contributed by atoms with Crippen molar-refractivity contribution >= 4 is 23.3 Å². The molecule has 2 aromatic rings. The number of aromatic nitrogens is 1. The van der Waals surface area contributed by atoms with E-state index in [1.165, 1.54) is 25.4 Å². The number of pyridine rings is 1. The number of rotatable bonds is 5. The van der Waals surface area contributed by atoms with Crippen LogP contribution in [0.25, 0.3) is 0 Å². The molecule has 0 spiro atoms. The van der Waals surface area contributed by atoms with Gasteiger partial charge in [0.05, 0.1) is 31.2 Å². The van der Waals surface area contributed by atoms with Crippen molar-refractivity contribution in [3.05, 3.63) is 48.5 Å². The summed E-state index contributed by atoms with van der Waals surface area (Å²) in [5.74, 6) is -0.706. The van der Waals surface area contributed by atoms with E-state index in [-0.39, 0.29) is 12.3 Å². The third-order valence-electron chi connectivity index (χ3n) is 2.77. The zero-order valence-corrected chi connectivity index (χ0v) is 12.3. The predicted octanol–water partition coefficient (Wildman–Crippen LogP) is 1.99. The zero-order chi connectivity index (χ0) is 16.7. The Morgan fingerprint density at radius 1 is 1.26 bits per heavy atom. The molecule has 0 aliphatic rings. The van der Waals surface area contributed by atoms with Crippen molar-refractivity contribution in [1.82, 2.24) is 10.3 Å². The van der Waals surface area contributed by atoms with E-state index in [0.717, 1.165) is 6.07 Å². The van der Waals surface area contributed by atoms with Crippen LogP contribution in [0.3, 0.4) is 0 Å². The Morgan fingerprint density at radius 3 is 2.78 bits per heavy atom. The highest BCUT2D eigenvalue weighted by Gasteiger charge is 2.10. The maximum Gasteiger partial charge on any atom is 0.319 e. The molecule has 23 heavy (non-hydrogen) atoms. The first-order valence-electron chi connectivity index (χ1n) is 6.67. The number of anilines is 2. The fraction of sp³-hybridized carbons (Fsp3) is 0.133. The molecule has 0 atom stereocenters. The molecule has 0 radical (unpaired) electrons. The number of urea groups is 1. The van der Waals surface area contributed by atoms with Gasteiger partial charge in [0, 0.05) is 12.3 Å². The van der Waals surface area contributed by atoms with Gasteiger partial charge in [0.25, 0.3) is 0 Å². The van der Waals surface area contributed by atoms with E-state index in [1.807, 2.05) is 0 Å². The molecule has 0 fully saturated rings. The first kappa shape index (κ1) is 16.2. The summed E-state index contributed by atoms with van der Waals surface area (Å²) in [5, 5.41) is 7.43. The highest BCUT2D eigenvalue weighted by molar-refractivity contribution is 5.97. The molecular weight excluding hydrogens is 303 g/mol. The summed E-state index contributed by atoms with van der Waals surface area (Å²) in [7, 11) is 1.36. The van der Waals surface area contributed by atoms with Crippen LogP contribution in [0.5, 0.6) is 5.75 Å². The minimum atomic E-state index is -0.615. The van der Waals surface area contributed by atoms with Crippen LogP contribution < -0.4 is 20.7 Å². The van der Waals surface area contributed by atoms with E-state index in [2.05, 4.69) is 20.9 Å². The normalized spacial score (nSPS) is 9.83. The van der Waals surface area contributed by atoms with Gasteiger partial charge >= 0.3 is 6.03 Å². The van der Waals surface area contributed by atoms with Crippen LogP contribution in [-0.4, -0.2) is 30.6 Å². The van der Waals surface area contributed by atoms with Crippen LogP contribution in [0.15, 0.2) is 42.7 Å². The topological polar surface area (TPSA) is 92.4 Å². The van der Waals surface area contributed by atoms with E-state index in [9.17, 15) is 14.0 Å². The van der Waals surface area contributed by atoms with Gasteiger partial charge < -0.3 is 20.7 Å². The van der Waals surface area contributed by atoms with Crippen molar-refractivity contribution in [2.45, 2.75) is 0 Å². The Hall–Kier alpha value is -3.16. The Bertz CT molecular complexity index is 694. The highest BCUT2D eigenvalue weighted by atomic mass is 19.1. The van der Waals surface area contributed by atoms with Crippen molar-refractivity contribution in [2.24, 2.45) is 0 Å². The molecule has 1 aromatic carbocycles. The number of benzene rings is 1. The number of methoxy groups -OCH3 is 1. The number of nitrogens with zero attached hydrogens (tertiary/aromatic N) is 1. The fourth-order valence-electron chi connectivity index (χ4n) is 1.74. The number of halogens is 1. The highest BCUT2D eigenvalue weighted by Crippen LogP contribution is 2.24. The molecule has 2 rings (SSSR count). The van der Waals surface area contributed by atoms with Crippen molar-refractivity contribution in [2.75, 3.05) is 24.3 Å². The van der Waals surface area contributed by atoms with Crippen LogP contribution in [0, 0.1) is 5.82 Å². The van der Waals surface area contributed by atoms with Crippen LogP contribution in [0.2, 0.25) is 0 Å². The van der Waals surface area contributed by atoms with Crippen LogP contribution in [0.4, 0.5) is 20.6 Å². The lowest BCUT2D eigenvalue weighted by atomic mass is 10.3. The molecular formula is C15H15FN4O3. The SMILES string of the molecule is COc1cc(F)ccc1NC(=O)NCC(=O)Nc1cccnc1. The molecule has 3 N–H and O–H groups in total. The Labute approximate surface area is 131 Å². The molecule has 0 saturated carbocycles. The van der Waals surface area contributed by atoms with Gasteiger partial charge in [0.2, 0.25) is 5.91 Å². The Kier molecular flexibility index (Phi) is 5.45. The summed E-state index contributed by atoms with van der Waals surface area (Å²) in [5.41, 5.74) is 0.818. The van der Waals surface area contributed by atoms with Crippen molar-refractivity contribution < 1.29 is 18.7 Å². The number of amides is 3. The summed E-state index contributed by atoms with van der Waals surface area (Å²) in [4.78, 5) is 27.3. The molecule has 0 aliphatic heterocycles. The number of hydrogen-bond acceptors (Lipinski definition) is 4. The smallest absolute Gasteiger partial charge is 0.319 e. The molecule has 8 heteroatoms. The van der Waals surface area contributed by atoms with Gasteiger partial charge in [-0.05, 0) is 24.3 Å². The molecule has 7 nitrogen and oxygen atoms in total. The minimum absolute atomic E-state index is 0.181. The van der Waals surface area contributed by atoms with Gasteiger partial charge in [-0.25, -0.2) is 9.18 Å². The Morgan fingerprint density at radius 2 is 2.09 bits per heavy atom. The van der Waals surface area contributed by atoms with Crippen molar-refractivity contribution in [3.63, 3.8) is 0 Å². The summed E-state index contributed by atoms with van der Waals surface area (Å²) < 4.78 is 18.0. The molecule has 120 valence electrons. The second-order valence-corrected chi connectivity index (χ2v) is 4.44. The molecule has 1 heterocycles. The maximum absolute atomic E-state index is 13.1. The van der Waals surface area contributed by atoms with Gasteiger partial charge in [-0.3, -0.25) is 9.78 Å². The summed E-state index contributed by atoms with van der Waals surface area (Å²) in [6.07, 6.45) is 3.07. The Balaban J connectivity index is 1.84.